The normalized spacial score (nSPS) is 17.1. The second kappa shape index (κ2) is 7.59. The highest BCUT2D eigenvalue weighted by atomic mass is 16.1. The maximum Gasteiger partial charge on any atom is 0.267 e. The Hall–Kier alpha value is -2.73. The Morgan fingerprint density at radius 3 is 2.69 bits per heavy atom. The highest BCUT2D eigenvalue weighted by molar-refractivity contribution is 5.92. The largest absolute Gasteiger partial charge is 0.368 e. The Morgan fingerprint density at radius 2 is 1.83 bits per heavy atom. The third-order valence-electron chi connectivity index (χ3n) is 6.19. The van der Waals surface area contributed by atoms with Gasteiger partial charge in [0.2, 0.25) is 0 Å². The molecule has 3 heterocycles. The topological polar surface area (TPSA) is 54.3 Å². The lowest BCUT2D eigenvalue weighted by atomic mass is 10.1. The summed E-state index contributed by atoms with van der Waals surface area (Å²) in [5, 5.41) is 5.83. The minimum atomic E-state index is 0.0445. The first kappa shape index (κ1) is 18.3. The van der Waals surface area contributed by atoms with Crippen molar-refractivity contribution in [2.24, 2.45) is 0 Å². The Labute approximate surface area is 170 Å². The van der Waals surface area contributed by atoms with E-state index in [1.165, 1.54) is 11.1 Å². The Morgan fingerprint density at radius 1 is 1.00 bits per heavy atom. The van der Waals surface area contributed by atoms with Gasteiger partial charge in [0, 0.05) is 55.6 Å². The van der Waals surface area contributed by atoms with E-state index in [4.69, 9.17) is 0 Å². The van der Waals surface area contributed by atoms with E-state index in [1.807, 2.05) is 6.07 Å². The number of hydrogen-bond donors (Lipinski definition) is 0. The molecule has 0 amide bonds. The van der Waals surface area contributed by atoms with E-state index in [2.05, 4.69) is 51.1 Å². The van der Waals surface area contributed by atoms with Crippen LogP contribution in [0.15, 0.2) is 41.2 Å². The second-order valence-electron chi connectivity index (χ2n) is 8.16. The third kappa shape index (κ3) is 3.65. The molecule has 6 nitrogen and oxygen atoms in total. The molecule has 2 aromatic heterocycles. The predicted octanol–water partition coefficient (Wildman–Crippen LogP) is 2.41. The van der Waals surface area contributed by atoms with Crippen molar-refractivity contribution >= 4 is 16.6 Å². The van der Waals surface area contributed by atoms with Crippen molar-refractivity contribution in [3.05, 3.63) is 63.7 Å². The highest BCUT2D eigenvalue weighted by Gasteiger charge is 2.20. The molecule has 0 atom stereocenters. The third-order valence-corrected chi connectivity index (χ3v) is 6.19. The monoisotopic (exact) mass is 389 g/mol. The summed E-state index contributed by atoms with van der Waals surface area (Å²) in [4.78, 5) is 21.9. The fourth-order valence-corrected chi connectivity index (χ4v) is 4.60. The van der Waals surface area contributed by atoms with Gasteiger partial charge in [-0.2, -0.15) is 5.10 Å². The van der Waals surface area contributed by atoms with Crippen LogP contribution in [-0.2, 0) is 19.4 Å². The molecule has 0 N–H and O–H groups in total. The van der Waals surface area contributed by atoms with Crippen molar-refractivity contribution in [2.75, 3.05) is 37.6 Å². The summed E-state index contributed by atoms with van der Waals surface area (Å²) in [5.41, 5.74) is 5.72. The van der Waals surface area contributed by atoms with Crippen molar-refractivity contribution in [3.63, 3.8) is 0 Å². The van der Waals surface area contributed by atoms with Crippen LogP contribution in [0.1, 0.15) is 23.4 Å². The zero-order chi connectivity index (χ0) is 19.8. The van der Waals surface area contributed by atoms with Gasteiger partial charge in [0.1, 0.15) is 0 Å². The summed E-state index contributed by atoms with van der Waals surface area (Å²) in [6.45, 7) is 7.57. The van der Waals surface area contributed by atoms with Crippen molar-refractivity contribution in [3.8, 4) is 0 Å². The van der Waals surface area contributed by atoms with Crippen LogP contribution >= 0.6 is 0 Å². The van der Waals surface area contributed by atoms with E-state index in [0.29, 0.717) is 6.54 Å². The maximum atomic E-state index is 12.3. The minimum Gasteiger partial charge on any atom is -0.368 e. The lowest BCUT2D eigenvalue weighted by Gasteiger charge is -2.36. The van der Waals surface area contributed by atoms with Crippen LogP contribution < -0.4 is 10.5 Å². The standard InChI is InChI=1S/C23H27N5O/c1-17-15-22(19-6-2-3-7-21(19)24-17)27-12-9-26(10-13-27)11-14-28-23(29)16-18-5-4-8-20(18)25-28/h2-3,6-7,15-16H,4-5,8-14H2,1H3. The average molecular weight is 390 g/mol. The Bertz CT molecular complexity index is 1100. The maximum absolute atomic E-state index is 12.3. The number of nitrogens with zero attached hydrogens (tertiary/aromatic N) is 5. The molecule has 150 valence electrons. The molecule has 1 aliphatic heterocycles. The first-order valence-electron chi connectivity index (χ1n) is 10.6. The molecule has 6 heteroatoms. The quantitative estimate of drug-likeness (QED) is 0.686. The number of aromatic nitrogens is 3. The number of piperazine rings is 1. The number of benzene rings is 1. The fraction of sp³-hybridized carbons (Fsp3) is 0.435. The van der Waals surface area contributed by atoms with Gasteiger partial charge in [-0.3, -0.25) is 14.7 Å². The Kier molecular flexibility index (Phi) is 4.79. The molecule has 0 saturated carbocycles. The van der Waals surface area contributed by atoms with Crippen LogP contribution in [0.5, 0.6) is 0 Å². The molecule has 3 aromatic rings. The van der Waals surface area contributed by atoms with Crippen molar-refractivity contribution in [2.45, 2.75) is 32.7 Å². The predicted molar refractivity (Wildman–Crippen MR) is 116 cm³/mol. The average Bonchev–Trinajstić information content (AvgIpc) is 3.19. The molecule has 1 aliphatic carbocycles. The van der Waals surface area contributed by atoms with E-state index in [0.717, 1.165) is 74.5 Å². The number of rotatable bonds is 4. The minimum absolute atomic E-state index is 0.0445. The molecule has 1 saturated heterocycles. The number of pyridine rings is 1. The number of aryl methyl sites for hydroxylation is 3. The van der Waals surface area contributed by atoms with Gasteiger partial charge < -0.3 is 4.90 Å². The van der Waals surface area contributed by atoms with E-state index < -0.39 is 0 Å². The summed E-state index contributed by atoms with van der Waals surface area (Å²) >= 11 is 0. The number of para-hydroxylation sites is 1. The Balaban J connectivity index is 1.24. The highest BCUT2D eigenvalue weighted by Crippen LogP contribution is 2.27. The van der Waals surface area contributed by atoms with Crippen molar-refractivity contribution in [1.29, 1.82) is 0 Å². The summed E-state index contributed by atoms with van der Waals surface area (Å²) in [5.74, 6) is 0. The van der Waals surface area contributed by atoms with Gasteiger partial charge in [-0.25, -0.2) is 4.68 Å². The van der Waals surface area contributed by atoms with Gasteiger partial charge in [-0.05, 0) is 43.9 Å². The van der Waals surface area contributed by atoms with Crippen LogP contribution in [-0.4, -0.2) is 52.4 Å². The second-order valence-corrected chi connectivity index (χ2v) is 8.16. The molecule has 1 fully saturated rings. The van der Waals surface area contributed by atoms with Crippen LogP contribution in [0.2, 0.25) is 0 Å². The molecule has 1 aromatic carbocycles. The van der Waals surface area contributed by atoms with E-state index in [1.54, 1.807) is 10.7 Å². The zero-order valence-corrected chi connectivity index (χ0v) is 17.0. The van der Waals surface area contributed by atoms with Crippen LogP contribution in [0.3, 0.4) is 0 Å². The molecule has 0 spiro atoms. The number of hydrogen-bond acceptors (Lipinski definition) is 5. The molecule has 0 bridgehead atoms. The SMILES string of the molecule is Cc1cc(N2CCN(CCn3nc4c(cc3=O)CCC4)CC2)c2ccccc2n1. The lowest BCUT2D eigenvalue weighted by Crippen LogP contribution is -2.47. The molecule has 0 radical (unpaired) electrons. The van der Waals surface area contributed by atoms with Gasteiger partial charge in [0.15, 0.2) is 0 Å². The van der Waals surface area contributed by atoms with Gasteiger partial charge in [-0.15, -0.1) is 0 Å². The number of fused-ring (bicyclic) bond motifs is 2. The summed E-state index contributed by atoms with van der Waals surface area (Å²) < 4.78 is 1.66. The first-order chi connectivity index (χ1) is 14.2. The van der Waals surface area contributed by atoms with Crippen molar-refractivity contribution < 1.29 is 0 Å². The van der Waals surface area contributed by atoms with Gasteiger partial charge in [-0.1, -0.05) is 18.2 Å². The summed E-state index contributed by atoms with van der Waals surface area (Å²) in [6.07, 6.45) is 3.13. The molecular weight excluding hydrogens is 362 g/mol. The molecule has 29 heavy (non-hydrogen) atoms. The van der Waals surface area contributed by atoms with E-state index in [9.17, 15) is 4.79 Å². The van der Waals surface area contributed by atoms with Crippen molar-refractivity contribution in [1.82, 2.24) is 19.7 Å². The van der Waals surface area contributed by atoms with Crippen LogP contribution in [0.25, 0.3) is 10.9 Å². The lowest BCUT2D eigenvalue weighted by molar-refractivity contribution is 0.242. The van der Waals surface area contributed by atoms with Crippen LogP contribution in [0.4, 0.5) is 5.69 Å². The van der Waals surface area contributed by atoms with Gasteiger partial charge >= 0.3 is 0 Å². The van der Waals surface area contributed by atoms with E-state index >= 15 is 0 Å². The fourth-order valence-electron chi connectivity index (χ4n) is 4.60. The molecule has 5 rings (SSSR count). The van der Waals surface area contributed by atoms with E-state index in [-0.39, 0.29) is 5.56 Å². The van der Waals surface area contributed by atoms with Crippen LogP contribution in [0, 0.1) is 6.92 Å². The van der Waals surface area contributed by atoms with Gasteiger partial charge in [0.05, 0.1) is 17.8 Å². The first-order valence-corrected chi connectivity index (χ1v) is 10.6. The number of anilines is 1. The smallest absolute Gasteiger partial charge is 0.267 e. The molecule has 0 unspecified atom stereocenters. The molecule has 2 aliphatic rings. The molecular formula is C23H27N5O. The summed E-state index contributed by atoms with van der Waals surface area (Å²) in [7, 11) is 0. The zero-order valence-electron chi connectivity index (χ0n) is 17.0. The summed E-state index contributed by atoms with van der Waals surface area (Å²) in [6, 6.07) is 12.4. The van der Waals surface area contributed by atoms with Gasteiger partial charge in [0.25, 0.3) is 5.56 Å².